The molecule has 1 aliphatic heterocycles. The van der Waals surface area contributed by atoms with Gasteiger partial charge < -0.3 is 5.32 Å². The highest BCUT2D eigenvalue weighted by atomic mass is 32.2. The number of amides is 1. The van der Waals surface area contributed by atoms with Crippen LogP contribution in [0.15, 0.2) is 0 Å². The van der Waals surface area contributed by atoms with E-state index in [9.17, 15) is 13.2 Å². The fourth-order valence-electron chi connectivity index (χ4n) is 3.05. The molecule has 0 aromatic rings. The van der Waals surface area contributed by atoms with E-state index in [0.717, 1.165) is 18.9 Å². The average Bonchev–Trinajstić information content (AvgIpc) is 3.01. The number of sulfone groups is 1. The number of thioether (sulfide) groups is 1. The van der Waals surface area contributed by atoms with Crippen LogP contribution in [-0.2, 0) is 14.6 Å². The molecule has 0 radical (unpaired) electrons. The summed E-state index contributed by atoms with van der Waals surface area (Å²) >= 11 is 1.49. The predicted molar refractivity (Wildman–Crippen MR) is 83.7 cm³/mol. The van der Waals surface area contributed by atoms with E-state index in [1.165, 1.54) is 43.9 Å². The Bertz CT molecular complexity index is 416. The Morgan fingerprint density at radius 2 is 1.95 bits per heavy atom. The highest BCUT2D eigenvalue weighted by Crippen LogP contribution is 2.28. The van der Waals surface area contributed by atoms with Crippen molar-refractivity contribution >= 4 is 27.5 Å². The van der Waals surface area contributed by atoms with Gasteiger partial charge in [-0.2, -0.15) is 0 Å². The van der Waals surface area contributed by atoms with E-state index in [0.29, 0.717) is 12.2 Å². The van der Waals surface area contributed by atoms with Gasteiger partial charge in [0.15, 0.2) is 9.84 Å². The molecular weight excluding hydrogens is 294 g/mol. The number of hydrogen-bond donors (Lipinski definition) is 1. The third-order valence-electron chi connectivity index (χ3n) is 4.23. The van der Waals surface area contributed by atoms with Crippen molar-refractivity contribution in [2.45, 2.75) is 50.2 Å². The van der Waals surface area contributed by atoms with E-state index >= 15 is 0 Å². The number of rotatable bonds is 7. The summed E-state index contributed by atoms with van der Waals surface area (Å²) in [4.78, 5) is 11.7. The predicted octanol–water partition coefficient (Wildman–Crippen LogP) is 1.99. The molecule has 1 atom stereocenters. The van der Waals surface area contributed by atoms with Crippen molar-refractivity contribution in [3.8, 4) is 0 Å². The molecule has 1 amide bonds. The van der Waals surface area contributed by atoms with Gasteiger partial charge in [0.25, 0.3) is 0 Å². The first kappa shape index (κ1) is 16.1. The molecule has 20 heavy (non-hydrogen) atoms. The fourth-order valence-corrected chi connectivity index (χ4v) is 6.53. The molecular formula is C14H25NO3S2. The molecule has 2 aliphatic rings. The third-order valence-corrected chi connectivity index (χ3v) is 7.51. The van der Waals surface area contributed by atoms with Crippen molar-refractivity contribution in [2.75, 3.05) is 23.8 Å². The molecule has 2 rings (SSSR count). The lowest BCUT2D eigenvalue weighted by atomic mass is 10.0. The quantitative estimate of drug-likeness (QED) is 0.729. The van der Waals surface area contributed by atoms with Crippen molar-refractivity contribution in [3.63, 3.8) is 0 Å². The minimum atomic E-state index is -2.83. The standard InChI is InChI=1S/C14H25NO3S2/c16-14(10-19-13-7-9-20(17,18)11-13)15-8-3-6-12-4-1-2-5-12/h12-13H,1-11H2,(H,15,16). The maximum Gasteiger partial charge on any atom is 0.230 e. The molecule has 1 aliphatic carbocycles. The average molecular weight is 319 g/mol. The molecule has 1 N–H and O–H groups in total. The normalized spacial score (nSPS) is 25.9. The van der Waals surface area contributed by atoms with Crippen LogP contribution < -0.4 is 5.32 Å². The molecule has 1 unspecified atom stereocenters. The van der Waals surface area contributed by atoms with Gasteiger partial charge in [-0.15, -0.1) is 11.8 Å². The number of carbonyl (C=O) groups is 1. The van der Waals surface area contributed by atoms with Crippen LogP contribution in [-0.4, -0.2) is 43.4 Å². The summed E-state index contributed by atoms with van der Waals surface area (Å²) in [6.45, 7) is 0.763. The molecule has 0 aromatic carbocycles. The second-order valence-corrected chi connectivity index (χ2v) is 9.50. The molecule has 1 saturated carbocycles. The molecule has 0 spiro atoms. The van der Waals surface area contributed by atoms with E-state index < -0.39 is 9.84 Å². The maximum absolute atomic E-state index is 11.7. The summed E-state index contributed by atoms with van der Waals surface area (Å²) in [6.07, 6.45) is 8.46. The number of hydrogen-bond acceptors (Lipinski definition) is 4. The van der Waals surface area contributed by atoms with Crippen LogP contribution in [0.25, 0.3) is 0 Å². The topological polar surface area (TPSA) is 63.2 Å². The van der Waals surface area contributed by atoms with E-state index in [-0.39, 0.29) is 22.7 Å². The fraction of sp³-hybridized carbons (Fsp3) is 0.929. The molecule has 2 fully saturated rings. The van der Waals surface area contributed by atoms with Gasteiger partial charge in [-0.25, -0.2) is 8.42 Å². The zero-order valence-corrected chi connectivity index (χ0v) is 13.6. The lowest BCUT2D eigenvalue weighted by molar-refractivity contribution is -0.118. The Morgan fingerprint density at radius 3 is 2.60 bits per heavy atom. The SMILES string of the molecule is O=C(CSC1CCS(=O)(=O)C1)NCCCC1CCCC1. The first-order valence-corrected chi connectivity index (χ1v) is 10.5. The number of nitrogens with one attached hydrogen (secondary N) is 1. The van der Waals surface area contributed by atoms with Crippen LogP contribution in [0.1, 0.15) is 44.9 Å². The van der Waals surface area contributed by atoms with Crippen LogP contribution in [0, 0.1) is 5.92 Å². The Kier molecular flexibility index (Phi) is 6.20. The van der Waals surface area contributed by atoms with Crippen molar-refractivity contribution < 1.29 is 13.2 Å². The molecule has 1 saturated heterocycles. The van der Waals surface area contributed by atoms with E-state index in [1.807, 2.05) is 0 Å². The Morgan fingerprint density at radius 1 is 1.20 bits per heavy atom. The van der Waals surface area contributed by atoms with Crippen molar-refractivity contribution in [3.05, 3.63) is 0 Å². The molecule has 6 heteroatoms. The summed E-state index contributed by atoms with van der Waals surface area (Å²) < 4.78 is 22.6. The van der Waals surface area contributed by atoms with Gasteiger partial charge in [0, 0.05) is 11.8 Å². The highest BCUT2D eigenvalue weighted by Gasteiger charge is 2.28. The Balaban J connectivity index is 1.50. The van der Waals surface area contributed by atoms with Gasteiger partial charge in [0.05, 0.1) is 17.3 Å². The van der Waals surface area contributed by atoms with E-state index in [2.05, 4.69) is 5.32 Å². The summed E-state index contributed by atoms with van der Waals surface area (Å²) in [6, 6.07) is 0. The first-order chi connectivity index (χ1) is 9.55. The van der Waals surface area contributed by atoms with Gasteiger partial charge in [-0.3, -0.25) is 4.79 Å². The Hall–Kier alpha value is -0.230. The molecule has 0 bridgehead atoms. The lowest BCUT2D eigenvalue weighted by Crippen LogP contribution is -2.27. The van der Waals surface area contributed by atoms with Crippen LogP contribution >= 0.6 is 11.8 Å². The van der Waals surface area contributed by atoms with E-state index in [4.69, 9.17) is 0 Å². The van der Waals surface area contributed by atoms with Crippen molar-refractivity contribution in [2.24, 2.45) is 5.92 Å². The third kappa shape index (κ3) is 5.64. The summed E-state index contributed by atoms with van der Waals surface area (Å²) in [5.41, 5.74) is 0. The minimum Gasteiger partial charge on any atom is -0.355 e. The monoisotopic (exact) mass is 319 g/mol. The second kappa shape index (κ2) is 7.69. The van der Waals surface area contributed by atoms with Crippen molar-refractivity contribution in [1.29, 1.82) is 0 Å². The summed E-state index contributed by atoms with van der Waals surface area (Å²) in [7, 11) is -2.83. The highest BCUT2D eigenvalue weighted by molar-refractivity contribution is 8.02. The molecule has 4 nitrogen and oxygen atoms in total. The summed E-state index contributed by atoms with van der Waals surface area (Å²) in [5.74, 6) is 1.85. The van der Waals surface area contributed by atoms with Gasteiger partial charge in [0.2, 0.25) is 5.91 Å². The van der Waals surface area contributed by atoms with Gasteiger partial charge in [-0.1, -0.05) is 25.7 Å². The zero-order valence-electron chi connectivity index (χ0n) is 12.0. The van der Waals surface area contributed by atoms with Crippen LogP contribution in [0.5, 0.6) is 0 Å². The van der Waals surface area contributed by atoms with Crippen LogP contribution in [0.2, 0.25) is 0 Å². The lowest BCUT2D eigenvalue weighted by Gasteiger charge is -2.10. The van der Waals surface area contributed by atoms with E-state index in [1.54, 1.807) is 0 Å². The first-order valence-electron chi connectivity index (χ1n) is 7.64. The largest absolute Gasteiger partial charge is 0.355 e. The zero-order chi connectivity index (χ0) is 14.4. The smallest absolute Gasteiger partial charge is 0.230 e. The van der Waals surface area contributed by atoms with Gasteiger partial charge >= 0.3 is 0 Å². The van der Waals surface area contributed by atoms with Gasteiger partial charge in [0.1, 0.15) is 0 Å². The molecule has 116 valence electrons. The Labute approximate surface area is 126 Å². The number of carbonyl (C=O) groups excluding carboxylic acids is 1. The summed E-state index contributed by atoms with van der Waals surface area (Å²) in [5, 5.41) is 3.06. The van der Waals surface area contributed by atoms with Gasteiger partial charge in [-0.05, 0) is 25.2 Å². The second-order valence-electron chi connectivity index (χ2n) is 5.98. The molecule has 0 aromatic heterocycles. The molecule has 1 heterocycles. The maximum atomic E-state index is 11.7. The van der Waals surface area contributed by atoms with Crippen LogP contribution in [0.4, 0.5) is 0 Å². The van der Waals surface area contributed by atoms with Crippen LogP contribution in [0.3, 0.4) is 0 Å². The minimum absolute atomic E-state index is 0.0470. The van der Waals surface area contributed by atoms with Crippen molar-refractivity contribution in [1.82, 2.24) is 5.32 Å².